The van der Waals surface area contributed by atoms with Gasteiger partial charge in [-0.3, -0.25) is 5.32 Å². The topological polar surface area (TPSA) is 80.5 Å². The van der Waals surface area contributed by atoms with Crippen molar-refractivity contribution in [2.24, 2.45) is 5.92 Å². The first-order chi connectivity index (χ1) is 11.7. The molecule has 24 heavy (non-hydrogen) atoms. The average Bonchev–Trinajstić information content (AvgIpc) is 3.09. The Hall–Kier alpha value is -2.41. The molecule has 0 radical (unpaired) electrons. The van der Waals surface area contributed by atoms with Gasteiger partial charge in [0.05, 0.1) is 24.6 Å². The lowest BCUT2D eigenvalue weighted by Gasteiger charge is -2.37. The molecular weight excluding hydrogens is 308 g/mol. The summed E-state index contributed by atoms with van der Waals surface area (Å²) in [6, 6.07) is 5.27. The molecule has 3 rings (SSSR count). The molecule has 7 heteroatoms. The highest BCUT2D eigenvalue weighted by Gasteiger charge is 2.32. The summed E-state index contributed by atoms with van der Waals surface area (Å²) >= 11 is 0. The number of rotatable bonds is 4. The summed E-state index contributed by atoms with van der Waals surface area (Å²) in [4.78, 5) is 22.8. The molecule has 1 N–H and O–H groups in total. The molecule has 0 unspecified atom stereocenters. The minimum atomic E-state index is -0.176. The number of nitrogens with one attached hydrogen (secondary N) is 1. The number of furan rings is 1. The predicted molar refractivity (Wildman–Crippen MR) is 88.3 cm³/mol. The van der Waals surface area contributed by atoms with Gasteiger partial charge < -0.3 is 14.1 Å². The van der Waals surface area contributed by atoms with Gasteiger partial charge in [0, 0.05) is 19.7 Å². The van der Waals surface area contributed by atoms with Crippen LogP contribution in [0.1, 0.15) is 37.3 Å². The Labute approximate surface area is 141 Å². The molecule has 7 nitrogen and oxygen atoms in total. The van der Waals surface area contributed by atoms with E-state index < -0.39 is 0 Å². The van der Waals surface area contributed by atoms with E-state index in [9.17, 15) is 4.79 Å². The average molecular weight is 330 g/mol. The van der Waals surface area contributed by atoms with E-state index in [1.54, 1.807) is 19.4 Å². The molecule has 1 fully saturated rings. The van der Waals surface area contributed by atoms with Gasteiger partial charge >= 0.3 is 6.03 Å². The predicted octanol–water partition coefficient (Wildman–Crippen LogP) is 3.22. The molecule has 2 amide bonds. The summed E-state index contributed by atoms with van der Waals surface area (Å²) in [5, 5.41) is 2.86. The van der Waals surface area contributed by atoms with Gasteiger partial charge in [0.25, 0.3) is 0 Å². The molecule has 0 bridgehead atoms. The molecule has 0 saturated carbocycles. The van der Waals surface area contributed by atoms with Gasteiger partial charge in [-0.05, 0) is 30.9 Å². The quantitative estimate of drug-likeness (QED) is 0.931. The van der Waals surface area contributed by atoms with Crippen LogP contribution in [0, 0.1) is 5.92 Å². The van der Waals surface area contributed by atoms with Crippen molar-refractivity contribution < 1.29 is 13.9 Å². The highest BCUT2D eigenvalue weighted by Crippen LogP contribution is 2.34. The number of carbonyl (C=O) groups excluding carboxylic acids is 1. The van der Waals surface area contributed by atoms with E-state index in [1.807, 2.05) is 17.0 Å². The Morgan fingerprint density at radius 2 is 2.38 bits per heavy atom. The smallest absolute Gasteiger partial charge is 0.323 e. The summed E-state index contributed by atoms with van der Waals surface area (Å²) in [6.45, 7) is 3.27. The van der Waals surface area contributed by atoms with Crippen LogP contribution in [-0.4, -0.2) is 34.6 Å². The third-order valence-electron chi connectivity index (χ3n) is 4.25. The highest BCUT2D eigenvalue weighted by atomic mass is 16.5. The SMILES string of the molecule is COCc1cc(NC(=O)N2CC[C@H](C)C[C@H]2c2ccco2)ncn1. The van der Waals surface area contributed by atoms with Crippen molar-refractivity contribution in [3.8, 4) is 0 Å². The fourth-order valence-electron chi connectivity index (χ4n) is 3.01. The van der Waals surface area contributed by atoms with Crippen LogP contribution >= 0.6 is 0 Å². The van der Waals surface area contributed by atoms with Crippen LogP contribution in [0.3, 0.4) is 0 Å². The van der Waals surface area contributed by atoms with Gasteiger partial charge in [-0.1, -0.05) is 6.92 Å². The van der Waals surface area contributed by atoms with Gasteiger partial charge in [0.2, 0.25) is 0 Å². The maximum absolute atomic E-state index is 12.7. The number of piperidine rings is 1. The van der Waals surface area contributed by atoms with E-state index in [4.69, 9.17) is 9.15 Å². The van der Waals surface area contributed by atoms with Crippen molar-refractivity contribution in [1.82, 2.24) is 14.9 Å². The molecule has 0 aliphatic carbocycles. The Morgan fingerprint density at radius 3 is 3.12 bits per heavy atom. The fraction of sp³-hybridized carbons (Fsp3) is 0.471. The first-order valence-electron chi connectivity index (χ1n) is 8.08. The lowest BCUT2D eigenvalue weighted by molar-refractivity contribution is 0.129. The zero-order valence-corrected chi connectivity index (χ0v) is 13.9. The number of likely N-dealkylation sites (tertiary alicyclic amines) is 1. The second-order valence-corrected chi connectivity index (χ2v) is 6.11. The maximum Gasteiger partial charge on any atom is 0.323 e. The molecule has 128 valence electrons. The van der Waals surface area contributed by atoms with E-state index in [-0.39, 0.29) is 12.1 Å². The van der Waals surface area contributed by atoms with Crippen LogP contribution in [0.15, 0.2) is 35.2 Å². The summed E-state index contributed by atoms with van der Waals surface area (Å²) in [7, 11) is 1.60. The van der Waals surface area contributed by atoms with E-state index in [1.165, 1.54) is 6.33 Å². The molecule has 0 aromatic carbocycles. The van der Waals surface area contributed by atoms with Crippen LogP contribution in [0.4, 0.5) is 10.6 Å². The highest BCUT2D eigenvalue weighted by molar-refractivity contribution is 5.88. The van der Waals surface area contributed by atoms with Gasteiger partial charge in [-0.25, -0.2) is 14.8 Å². The monoisotopic (exact) mass is 330 g/mol. The summed E-state index contributed by atoms with van der Waals surface area (Å²) in [6.07, 6.45) is 4.93. The van der Waals surface area contributed by atoms with Crippen LogP contribution in [0.5, 0.6) is 0 Å². The van der Waals surface area contributed by atoms with Crippen molar-refractivity contribution in [2.75, 3.05) is 19.0 Å². The molecular formula is C17H22N4O3. The van der Waals surface area contributed by atoms with Gasteiger partial charge in [0.1, 0.15) is 17.9 Å². The largest absolute Gasteiger partial charge is 0.467 e. The number of aromatic nitrogens is 2. The Bertz CT molecular complexity index is 674. The number of hydrogen-bond donors (Lipinski definition) is 1. The molecule has 2 aromatic heterocycles. The number of nitrogens with zero attached hydrogens (tertiary/aromatic N) is 3. The molecule has 1 aliphatic heterocycles. The van der Waals surface area contributed by atoms with E-state index >= 15 is 0 Å². The first-order valence-corrected chi connectivity index (χ1v) is 8.08. The molecule has 3 heterocycles. The second kappa shape index (κ2) is 7.44. The first kappa shape index (κ1) is 16.4. The van der Waals surface area contributed by atoms with Crippen molar-refractivity contribution in [3.05, 3.63) is 42.2 Å². The molecule has 1 saturated heterocycles. The lowest BCUT2D eigenvalue weighted by atomic mass is 9.91. The minimum absolute atomic E-state index is 0.0518. The van der Waals surface area contributed by atoms with Gasteiger partial charge in [-0.2, -0.15) is 0 Å². The van der Waals surface area contributed by atoms with Crippen LogP contribution in [0.25, 0.3) is 0 Å². The third kappa shape index (κ3) is 3.73. The number of ether oxygens (including phenoxy) is 1. The molecule has 0 spiro atoms. The Balaban J connectivity index is 1.74. The Morgan fingerprint density at radius 1 is 1.50 bits per heavy atom. The number of hydrogen-bond acceptors (Lipinski definition) is 5. The van der Waals surface area contributed by atoms with Crippen molar-refractivity contribution in [2.45, 2.75) is 32.4 Å². The second-order valence-electron chi connectivity index (χ2n) is 6.11. The van der Waals surface area contributed by atoms with Crippen molar-refractivity contribution >= 4 is 11.8 Å². The van der Waals surface area contributed by atoms with E-state index in [0.717, 1.165) is 24.3 Å². The summed E-state index contributed by atoms with van der Waals surface area (Å²) in [5.41, 5.74) is 0.720. The molecule has 1 aliphatic rings. The normalized spacial score (nSPS) is 20.8. The number of carbonyl (C=O) groups is 1. The molecule has 2 aromatic rings. The zero-order chi connectivity index (χ0) is 16.9. The number of urea groups is 1. The number of anilines is 1. The van der Waals surface area contributed by atoms with Crippen molar-refractivity contribution in [1.29, 1.82) is 0 Å². The zero-order valence-electron chi connectivity index (χ0n) is 13.9. The number of amides is 2. The fourth-order valence-corrected chi connectivity index (χ4v) is 3.01. The lowest BCUT2D eigenvalue weighted by Crippen LogP contribution is -2.43. The van der Waals surface area contributed by atoms with E-state index in [2.05, 4.69) is 22.2 Å². The van der Waals surface area contributed by atoms with Crippen molar-refractivity contribution in [3.63, 3.8) is 0 Å². The van der Waals surface area contributed by atoms with E-state index in [0.29, 0.717) is 24.9 Å². The van der Waals surface area contributed by atoms with Gasteiger partial charge in [-0.15, -0.1) is 0 Å². The van der Waals surface area contributed by atoms with Gasteiger partial charge in [0.15, 0.2) is 0 Å². The number of methoxy groups -OCH3 is 1. The summed E-state index contributed by atoms with van der Waals surface area (Å²) < 4.78 is 10.6. The van der Waals surface area contributed by atoms with Crippen LogP contribution in [0.2, 0.25) is 0 Å². The molecule has 2 atom stereocenters. The Kier molecular flexibility index (Phi) is 5.10. The summed E-state index contributed by atoms with van der Waals surface area (Å²) in [5.74, 6) is 1.84. The standard InChI is InChI=1S/C17H22N4O3/c1-12-5-6-21(14(8-12)15-4-3-7-24-15)17(22)20-16-9-13(10-23-2)18-11-19-16/h3-4,7,9,11-12,14H,5-6,8,10H2,1-2H3,(H,18,19,20,22)/t12-,14-/m0/s1. The minimum Gasteiger partial charge on any atom is -0.467 e. The maximum atomic E-state index is 12.7. The third-order valence-corrected chi connectivity index (χ3v) is 4.25. The van der Waals surface area contributed by atoms with Crippen LogP contribution < -0.4 is 5.32 Å². The van der Waals surface area contributed by atoms with Crippen LogP contribution in [-0.2, 0) is 11.3 Å².